The maximum absolute atomic E-state index is 14.7. The standard InChI is InChI=1S/C31H49FN2O2/c1-3-5-7-9-11-13-15-17-19-23-36-28-25-33-31(34-26-28)29-21-20-27(24-30(29)32)35-22-18-16-14-12-10-8-6-4-2/h20-21,24-26H,3-19,22-23H2,1-2H3. The quantitative estimate of drug-likeness (QED) is 0.151. The van der Waals surface area contributed by atoms with Gasteiger partial charge in [0.2, 0.25) is 0 Å². The van der Waals surface area contributed by atoms with Crippen molar-refractivity contribution in [3.05, 3.63) is 36.4 Å². The van der Waals surface area contributed by atoms with Gasteiger partial charge in [-0.15, -0.1) is 0 Å². The smallest absolute Gasteiger partial charge is 0.162 e. The molecule has 0 saturated carbocycles. The van der Waals surface area contributed by atoms with Crippen LogP contribution in [0.1, 0.15) is 123 Å². The topological polar surface area (TPSA) is 44.2 Å². The first-order valence-electron chi connectivity index (χ1n) is 14.6. The Labute approximate surface area is 219 Å². The first-order valence-corrected chi connectivity index (χ1v) is 14.6. The van der Waals surface area contributed by atoms with Crippen molar-refractivity contribution in [3.63, 3.8) is 0 Å². The molecule has 0 radical (unpaired) electrons. The summed E-state index contributed by atoms with van der Waals surface area (Å²) in [7, 11) is 0. The molecule has 0 aliphatic rings. The summed E-state index contributed by atoms with van der Waals surface area (Å²) in [6, 6.07) is 4.91. The molecule has 0 spiro atoms. The zero-order chi connectivity index (χ0) is 25.7. The van der Waals surface area contributed by atoms with Gasteiger partial charge in [0.05, 0.1) is 31.2 Å². The lowest BCUT2D eigenvalue weighted by Gasteiger charge is -2.09. The number of hydrogen-bond donors (Lipinski definition) is 0. The van der Waals surface area contributed by atoms with Crippen molar-refractivity contribution in [1.82, 2.24) is 9.97 Å². The van der Waals surface area contributed by atoms with Gasteiger partial charge < -0.3 is 9.47 Å². The second-order valence-corrected chi connectivity index (χ2v) is 9.88. The number of nitrogens with zero attached hydrogens (tertiary/aromatic N) is 2. The van der Waals surface area contributed by atoms with Gasteiger partial charge in [-0.05, 0) is 25.0 Å². The van der Waals surface area contributed by atoms with Gasteiger partial charge in [-0.25, -0.2) is 14.4 Å². The monoisotopic (exact) mass is 500 g/mol. The van der Waals surface area contributed by atoms with Crippen LogP contribution in [0.5, 0.6) is 11.5 Å². The summed E-state index contributed by atoms with van der Waals surface area (Å²) in [6.07, 6.45) is 24.8. The van der Waals surface area contributed by atoms with Crippen LogP contribution in [0.2, 0.25) is 0 Å². The molecule has 0 bridgehead atoms. The number of rotatable bonds is 22. The van der Waals surface area contributed by atoms with Crippen LogP contribution >= 0.6 is 0 Å². The van der Waals surface area contributed by atoms with Crippen LogP contribution < -0.4 is 9.47 Å². The Hall–Kier alpha value is -2.17. The highest BCUT2D eigenvalue weighted by Gasteiger charge is 2.10. The summed E-state index contributed by atoms with van der Waals surface area (Å²) in [4.78, 5) is 8.62. The van der Waals surface area contributed by atoms with Crippen LogP contribution in [0, 0.1) is 5.82 Å². The molecule has 2 rings (SSSR count). The third-order valence-corrected chi connectivity index (χ3v) is 6.59. The van der Waals surface area contributed by atoms with E-state index < -0.39 is 0 Å². The highest BCUT2D eigenvalue weighted by Crippen LogP contribution is 2.25. The minimum Gasteiger partial charge on any atom is -0.493 e. The van der Waals surface area contributed by atoms with E-state index in [1.807, 2.05) is 0 Å². The summed E-state index contributed by atoms with van der Waals surface area (Å²) in [5, 5.41) is 0. The van der Waals surface area contributed by atoms with Gasteiger partial charge in [-0.1, -0.05) is 110 Å². The first kappa shape index (κ1) is 30.1. The van der Waals surface area contributed by atoms with Crippen molar-refractivity contribution in [1.29, 1.82) is 0 Å². The van der Waals surface area contributed by atoms with Gasteiger partial charge >= 0.3 is 0 Å². The van der Waals surface area contributed by atoms with E-state index in [0.29, 0.717) is 36.1 Å². The second-order valence-electron chi connectivity index (χ2n) is 9.88. The zero-order valence-corrected chi connectivity index (χ0v) is 22.9. The molecule has 2 aromatic rings. The van der Waals surface area contributed by atoms with E-state index in [1.165, 1.54) is 96.0 Å². The molecule has 0 fully saturated rings. The van der Waals surface area contributed by atoms with Crippen LogP contribution in [0.25, 0.3) is 11.4 Å². The van der Waals surface area contributed by atoms with E-state index in [4.69, 9.17) is 9.47 Å². The zero-order valence-electron chi connectivity index (χ0n) is 22.9. The van der Waals surface area contributed by atoms with Crippen molar-refractivity contribution in [2.75, 3.05) is 13.2 Å². The Morgan fingerprint density at radius 1 is 0.583 bits per heavy atom. The number of ether oxygens (including phenoxy) is 2. The predicted molar refractivity (Wildman–Crippen MR) is 148 cm³/mol. The van der Waals surface area contributed by atoms with Crippen LogP contribution in [0.4, 0.5) is 4.39 Å². The van der Waals surface area contributed by atoms with Crippen LogP contribution in [-0.2, 0) is 0 Å². The van der Waals surface area contributed by atoms with Crippen molar-refractivity contribution in [2.45, 2.75) is 123 Å². The van der Waals surface area contributed by atoms with Gasteiger partial charge in [-0.3, -0.25) is 0 Å². The highest BCUT2D eigenvalue weighted by molar-refractivity contribution is 5.57. The summed E-state index contributed by atoms with van der Waals surface area (Å²) in [6.45, 7) is 5.78. The first-order chi connectivity index (χ1) is 17.7. The Bertz CT molecular complexity index is 798. The molecule has 5 heteroatoms. The van der Waals surface area contributed by atoms with Crippen molar-refractivity contribution in [2.24, 2.45) is 0 Å². The molecule has 0 saturated heterocycles. The van der Waals surface area contributed by atoms with Gasteiger partial charge in [0.1, 0.15) is 11.6 Å². The maximum atomic E-state index is 14.7. The molecule has 1 aromatic carbocycles. The Morgan fingerprint density at radius 3 is 1.50 bits per heavy atom. The molecule has 0 N–H and O–H groups in total. The van der Waals surface area contributed by atoms with Crippen molar-refractivity contribution in [3.8, 4) is 22.9 Å². The fraction of sp³-hybridized carbons (Fsp3) is 0.677. The van der Waals surface area contributed by atoms with E-state index in [9.17, 15) is 4.39 Å². The molecule has 0 atom stereocenters. The number of halogens is 1. The number of hydrogen-bond acceptors (Lipinski definition) is 4. The molecular formula is C31H49FN2O2. The van der Waals surface area contributed by atoms with Crippen LogP contribution in [0.3, 0.4) is 0 Å². The minimum absolute atomic E-state index is 0.359. The third kappa shape index (κ3) is 13.2. The Balaban J connectivity index is 1.61. The van der Waals surface area contributed by atoms with E-state index in [0.717, 1.165) is 19.3 Å². The Kier molecular flexibility index (Phi) is 16.7. The summed E-state index contributed by atoms with van der Waals surface area (Å²) in [5.41, 5.74) is 0.375. The molecule has 0 aliphatic heterocycles. The lowest BCUT2D eigenvalue weighted by atomic mass is 10.1. The average molecular weight is 501 g/mol. The van der Waals surface area contributed by atoms with Gasteiger partial charge in [0, 0.05) is 6.07 Å². The molecule has 0 unspecified atom stereocenters. The summed E-state index contributed by atoms with van der Waals surface area (Å²) >= 11 is 0. The number of benzene rings is 1. The Morgan fingerprint density at radius 2 is 1.03 bits per heavy atom. The normalized spacial score (nSPS) is 11.1. The van der Waals surface area contributed by atoms with Gasteiger partial charge in [0.25, 0.3) is 0 Å². The molecule has 36 heavy (non-hydrogen) atoms. The molecule has 1 heterocycles. The van der Waals surface area contributed by atoms with Gasteiger partial charge in [0.15, 0.2) is 11.6 Å². The fourth-order valence-corrected chi connectivity index (χ4v) is 4.33. The second kappa shape index (κ2) is 20.0. The van der Waals surface area contributed by atoms with Crippen molar-refractivity contribution >= 4 is 0 Å². The molecule has 1 aromatic heterocycles. The number of aromatic nitrogens is 2. The molecule has 202 valence electrons. The van der Waals surface area contributed by atoms with E-state index in [1.54, 1.807) is 24.5 Å². The van der Waals surface area contributed by atoms with Crippen molar-refractivity contribution < 1.29 is 13.9 Å². The molecule has 4 nitrogen and oxygen atoms in total. The van der Waals surface area contributed by atoms with Crippen LogP contribution in [0.15, 0.2) is 30.6 Å². The fourth-order valence-electron chi connectivity index (χ4n) is 4.33. The van der Waals surface area contributed by atoms with Gasteiger partial charge in [-0.2, -0.15) is 0 Å². The van der Waals surface area contributed by atoms with Crippen LogP contribution in [-0.4, -0.2) is 23.2 Å². The van der Waals surface area contributed by atoms with E-state index in [2.05, 4.69) is 23.8 Å². The third-order valence-electron chi connectivity index (χ3n) is 6.59. The largest absolute Gasteiger partial charge is 0.493 e. The average Bonchev–Trinajstić information content (AvgIpc) is 2.89. The maximum Gasteiger partial charge on any atom is 0.162 e. The molecule has 0 aliphatic carbocycles. The molecular weight excluding hydrogens is 451 g/mol. The number of unbranched alkanes of at least 4 members (excludes halogenated alkanes) is 15. The lowest BCUT2D eigenvalue weighted by Crippen LogP contribution is -2.00. The summed E-state index contributed by atoms with van der Waals surface area (Å²) in [5.74, 6) is 1.17. The predicted octanol–water partition coefficient (Wildman–Crippen LogP) is 9.71. The minimum atomic E-state index is -0.369. The van der Waals surface area contributed by atoms with E-state index >= 15 is 0 Å². The SMILES string of the molecule is CCCCCCCCCCCOc1cnc(-c2ccc(OCCCCCCCCCC)cc2F)nc1. The van der Waals surface area contributed by atoms with E-state index in [-0.39, 0.29) is 5.82 Å². The lowest BCUT2D eigenvalue weighted by molar-refractivity contribution is 0.302. The summed E-state index contributed by atoms with van der Waals surface area (Å²) < 4.78 is 26.2. The highest BCUT2D eigenvalue weighted by atomic mass is 19.1. The molecule has 0 amide bonds.